The van der Waals surface area contributed by atoms with Crippen molar-refractivity contribution in [1.29, 1.82) is 0 Å². The number of rotatable bonds is 4. The highest BCUT2D eigenvalue weighted by Crippen LogP contribution is 2.40. The summed E-state index contributed by atoms with van der Waals surface area (Å²) in [5.74, 6) is -0.272. The fourth-order valence-corrected chi connectivity index (χ4v) is 3.89. The molecule has 1 saturated heterocycles. The Hall–Kier alpha value is -2.69. The summed E-state index contributed by atoms with van der Waals surface area (Å²) in [4.78, 5) is 12.4. The number of carbonyl (C=O) groups is 1. The Morgan fingerprint density at radius 2 is 1.44 bits per heavy atom. The molecule has 0 saturated carbocycles. The summed E-state index contributed by atoms with van der Waals surface area (Å²) in [6.45, 7) is 8.45. The van der Waals surface area contributed by atoms with Crippen molar-refractivity contribution in [1.82, 2.24) is 5.01 Å². The van der Waals surface area contributed by atoms with Crippen LogP contribution >= 0.6 is 0 Å². The van der Waals surface area contributed by atoms with Crippen LogP contribution in [0.4, 0.5) is 5.69 Å². The van der Waals surface area contributed by atoms with E-state index in [4.69, 9.17) is 4.74 Å². The monoisotopic (exact) mass is 365 g/mol. The zero-order valence-electron chi connectivity index (χ0n) is 16.4. The van der Waals surface area contributed by atoms with Crippen molar-refractivity contribution in [3.63, 3.8) is 0 Å². The molecule has 2 aromatic rings. The van der Waals surface area contributed by atoms with Gasteiger partial charge in [0.25, 0.3) is 0 Å². The first-order valence-electron chi connectivity index (χ1n) is 9.31. The number of benzene rings is 2. The Bertz CT molecular complexity index is 783. The third-order valence-electron chi connectivity index (χ3n) is 4.89. The third kappa shape index (κ3) is 4.54. The van der Waals surface area contributed by atoms with E-state index in [-0.39, 0.29) is 23.2 Å². The Morgan fingerprint density at radius 1 is 0.926 bits per heavy atom. The van der Waals surface area contributed by atoms with Gasteiger partial charge < -0.3 is 4.74 Å². The van der Waals surface area contributed by atoms with Gasteiger partial charge in [-0.1, -0.05) is 41.6 Å². The highest BCUT2D eigenvalue weighted by molar-refractivity contribution is 5.89. The number of piperidine rings is 1. The van der Waals surface area contributed by atoms with Gasteiger partial charge in [0.05, 0.1) is 22.3 Å². The van der Waals surface area contributed by atoms with E-state index in [1.807, 2.05) is 53.5 Å². The van der Waals surface area contributed by atoms with Gasteiger partial charge in [-0.3, -0.25) is 5.01 Å². The molecule has 0 atom stereocenters. The quantitative estimate of drug-likeness (QED) is 0.526. The fraction of sp³-hybridized carbons (Fsp3) is 0.409. The van der Waals surface area contributed by atoms with Crippen molar-refractivity contribution in [2.45, 2.75) is 57.7 Å². The molecule has 0 bridgehead atoms. The van der Waals surface area contributed by atoms with Crippen LogP contribution in [-0.4, -0.2) is 28.2 Å². The number of esters is 1. The maximum atomic E-state index is 12.4. The molecule has 0 unspecified atom stereocenters. The number of nitrogens with zero attached hydrogens (tertiary/aromatic N) is 3. The maximum absolute atomic E-state index is 12.4. The third-order valence-corrected chi connectivity index (χ3v) is 4.89. The predicted molar refractivity (Wildman–Crippen MR) is 106 cm³/mol. The number of carbonyl (C=O) groups excluding carboxylic acids is 1. The molecule has 0 aliphatic carbocycles. The van der Waals surface area contributed by atoms with Gasteiger partial charge in [0.1, 0.15) is 6.10 Å². The summed E-state index contributed by atoms with van der Waals surface area (Å²) < 4.78 is 5.82. The van der Waals surface area contributed by atoms with E-state index in [9.17, 15) is 4.79 Å². The molecule has 0 amide bonds. The molecule has 1 aliphatic heterocycles. The average molecular weight is 365 g/mol. The first-order valence-corrected chi connectivity index (χ1v) is 9.31. The fourth-order valence-electron chi connectivity index (χ4n) is 3.89. The lowest BCUT2D eigenvalue weighted by Crippen LogP contribution is -2.59. The van der Waals surface area contributed by atoms with Crippen molar-refractivity contribution < 1.29 is 9.53 Å². The van der Waals surface area contributed by atoms with Crippen molar-refractivity contribution in [2.24, 2.45) is 10.3 Å². The average Bonchev–Trinajstić information content (AvgIpc) is 2.61. The lowest BCUT2D eigenvalue weighted by Gasteiger charge is -2.52. The van der Waals surface area contributed by atoms with Crippen LogP contribution in [0.5, 0.6) is 0 Å². The van der Waals surface area contributed by atoms with E-state index in [0.717, 1.165) is 5.69 Å². The van der Waals surface area contributed by atoms with Gasteiger partial charge >= 0.3 is 5.97 Å². The normalized spacial score (nSPS) is 19.2. The maximum Gasteiger partial charge on any atom is 0.338 e. The smallest absolute Gasteiger partial charge is 0.338 e. The summed E-state index contributed by atoms with van der Waals surface area (Å²) in [5, 5.41) is 11.0. The van der Waals surface area contributed by atoms with Crippen molar-refractivity contribution >= 4 is 11.7 Å². The second-order valence-corrected chi connectivity index (χ2v) is 8.26. The minimum atomic E-state index is -0.290. The van der Waals surface area contributed by atoms with Crippen LogP contribution < -0.4 is 0 Å². The first kappa shape index (κ1) is 19.1. The predicted octanol–water partition coefficient (Wildman–Crippen LogP) is 5.56. The van der Waals surface area contributed by atoms with E-state index < -0.39 is 0 Å². The molecule has 2 aromatic carbocycles. The van der Waals surface area contributed by atoms with Gasteiger partial charge in [0, 0.05) is 12.8 Å². The van der Waals surface area contributed by atoms with Crippen molar-refractivity contribution in [2.75, 3.05) is 0 Å². The van der Waals surface area contributed by atoms with Gasteiger partial charge in [-0.25, -0.2) is 4.79 Å². The van der Waals surface area contributed by atoms with Crippen LogP contribution in [0.25, 0.3) is 0 Å². The lowest BCUT2D eigenvalue weighted by molar-refractivity contribution is -0.0905. The molecule has 0 spiro atoms. The molecule has 5 heteroatoms. The van der Waals surface area contributed by atoms with E-state index in [1.54, 1.807) is 12.1 Å². The molecule has 5 nitrogen and oxygen atoms in total. The van der Waals surface area contributed by atoms with Crippen LogP contribution in [0.1, 0.15) is 50.9 Å². The number of hydrogen-bond donors (Lipinski definition) is 0. The molecule has 1 fully saturated rings. The highest BCUT2D eigenvalue weighted by Gasteiger charge is 2.47. The van der Waals surface area contributed by atoms with Gasteiger partial charge in [0.15, 0.2) is 0 Å². The van der Waals surface area contributed by atoms with Crippen LogP contribution in [-0.2, 0) is 4.74 Å². The number of ether oxygens (including phenoxy) is 1. The second-order valence-electron chi connectivity index (χ2n) is 8.26. The molecular formula is C22H27N3O2. The molecule has 3 rings (SSSR count). The molecule has 0 aromatic heterocycles. The summed E-state index contributed by atoms with van der Waals surface area (Å²) in [5.41, 5.74) is 0.824. The SMILES string of the molecule is CC1(C)CC(OC(=O)c2ccccc2)CC(C)(C)N1/N=N/c1ccccc1. The molecular weight excluding hydrogens is 338 g/mol. The lowest BCUT2D eigenvalue weighted by atomic mass is 9.80. The minimum absolute atomic E-state index is 0.161. The van der Waals surface area contributed by atoms with Crippen LogP contribution in [0.3, 0.4) is 0 Å². The van der Waals surface area contributed by atoms with E-state index in [2.05, 4.69) is 38.0 Å². The van der Waals surface area contributed by atoms with E-state index in [0.29, 0.717) is 18.4 Å². The van der Waals surface area contributed by atoms with Crippen LogP contribution in [0.15, 0.2) is 71.0 Å². The summed E-state index contributed by atoms with van der Waals surface area (Å²) >= 11 is 0. The molecule has 0 N–H and O–H groups in total. The highest BCUT2D eigenvalue weighted by atomic mass is 16.5. The second kappa shape index (κ2) is 7.51. The van der Waals surface area contributed by atoms with Crippen LogP contribution in [0, 0.1) is 0 Å². The molecule has 1 heterocycles. The first-order chi connectivity index (χ1) is 12.8. The minimum Gasteiger partial charge on any atom is -0.459 e. The van der Waals surface area contributed by atoms with Gasteiger partial charge in [-0.05, 0) is 52.0 Å². The zero-order valence-corrected chi connectivity index (χ0v) is 16.4. The standard InChI is InChI=1S/C22H27N3O2/c1-21(2)15-19(27-20(26)17-11-7-5-8-12-17)16-22(3,4)25(21)24-23-18-13-9-6-10-14-18/h5-14,19H,15-16H2,1-4H3/b24-23+. The summed E-state index contributed by atoms with van der Waals surface area (Å²) in [6, 6.07) is 18.8. The Morgan fingerprint density at radius 3 is 2.00 bits per heavy atom. The summed E-state index contributed by atoms with van der Waals surface area (Å²) in [6.07, 6.45) is 1.23. The molecule has 0 radical (unpaired) electrons. The Kier molecular flexibility index (Phi) is 5.31. The van der Waals surface area contributed by atoms with Crippen molar-refractivity contribution in [3.05, 3.63) is 66.2 Å². The van der Waals surface area contributed by atoms with Gasteiger partial charge in [-0.2, -0.15) is 0 Å². The van der Waals surface area contributed by atoms with Gasteiger partial charge in [0.2, 0.25) is 0 Å². The topological polar surface area (TPSA) is 54.3 Å². The molecule has 142 valence electrons. The Balaban J connectivity index is 1.74. The van der Waals surface area contributed by atoms with E-state index in [1.165, 1.54) is 0 Å². The Labute approximate surface area is 161 Å². The summed E-state index contributed by atoms with van der Waals surface area (Å²) in [7, 11) is 0. The van der Waals surface area contributed by atoms with Gasteiger partial charge in [-0.15, -0.1) is 5.11 Å². The largest absolute Gasteiger partial charge is 0.459 e. The molecule has 1 aliphatic rings. The zero-order chi connectivity index (χ0) is 19.5. The van der Waals surface area contributed by atoms with Crippen molar-refractivity contribution in [3.8, 4) is 0 Å². The number of hydrogen-bond acceptors (Lipinski definition) is 4. The van der Waals surface area contributed by atoms with E-state index >= 15 is 0 Å². The van der Waals surface area contributed by atoms with Crippen LogP contribution in [0.2, 0.25) is 0 Å². The molecule has 27 heavy (non-hydrogen) atoms.